The van der Waals surface area contributed by atoms with Crippen molar-refractivity contribution in [2.75, 3.05) is 44.2 Å². The molecule has 6 heteroatoms. The summed E-state index contributed by atoms with van der Waals surface area (Å²) in [6, 6.07) is 6.77. The summed E-state index contributed by atoms with van der Waals surface area (Å²) in [6.07, 6.45) is 3.61. The fourth-order valence-corrected chi connectivity index (χ4v) is 2.72. The maximum absolute atomic E-state index is 13.0. The second-order valence-electron chi connectivity index (χ2n) is 5.52. The van der Waals surface area contributed by atoms with Gasteiger partial charge in [0.05, 0.1) is 6.54 Å². The highest BCUT2D eigenvalue weighted by atomic mass is 19.1. The van der Waals surface area contributed by atoms with E-state index in [0.29, 0.717) is 0 Å². The van der Waals surface area contributed by atoms with E-state index in [1.165, 1.54) is 12.1 Å². The van der Waals surface area contributed by atoms with Crippen LogP contribution in [0.2, 0.25) is 0 Å². The van der Waals surface area contributed by atoms with Gasteiger partial charge in [-0.1, -0.05) is 0 Å². The topological polar surface area (TPSA) is 47.2 Å². The van der Waals surface area contributed by atoms with Crippen LogP contribution in [0.4, 0.5) is 10.1 Å². The molecule has 1 saturated heterocycles. The van der Waals surface area contributed by atoms with Gasteiger partial charge in [-0.3, -0.25) is 4.90 Å². The summed E-state index contributed by atoms with van der Waals surface area (Å²) in [5.41, 5.74) is 1.11. The van der Waals surface area contributed by atoms with Crippen LogP contribution in [0.1, 0.15) is 5.82 Å². The molecule has 0 bridgehead atoms. The number of aromatic nitrogens is 2. The Bertz CT molecular complexity index is 546. The van der Waals surface area contributed by atoms with Crippen molar-refractivity contribution in [3.63, 3.8) is 0 Å². The Labute approximate surface area is 130 Å². The van der Waals surface area contributed by atoms with Gasteiger partial charge < -0.3 is 15.2 Å². The summed E-state index contributed by atoms with van der Waals surface area (Å²) in [5, 5.41) is 3.39. The fourth-order valence-electron chi connectivity index (χ4n) is 2.72. The smallest absolute Gasteiger partial charge is 0.123 e. The van der Waals surface area contributed by atoms with Gasteiger partial charge in [-0.05, 0) is 24.3 Å². The first-order valence-corrected chi connectivity index (χ1v) is 7.73. The lowest BCUT2D eigenvalue weighted by atomic mass is 10.2. The molecule has 0 saturated carbocycles. The molecular formula is C16H22FN5. The average molecular weight is 303 g/mol. The molecule has 2 N–H and O–H groups in total. The highest BCUT2D eigenvalue weighted by Gasteiger charge is 2.16. The van der Waals surface area contributed by atoms with Crippen LogP contribution in [-0.4, -0.2) is 54.1 Å². The van der Waals surface area contributed by atoms with Crippen molar-refractivity contribution in [1.29, 1.82) is 0 Å². The molecule has 0 amide bonds. The number of nitrogens with zero attached hydrogens (tertiary/aromatic N) is 3. The SMILES string of the molecule is Fc1ccc(N2CCN(CCNCc3ncc[nH]3)CC2)cc1. The predicted octanol–water partition coefficient (Wildman–Crippen LogP) is 1.46. The lowest BCUT2D eigenvalue weighted by Gasteiger charge is -2.36. The van der Waals surface area contributed by atoms with Gasteiger partial charge in [-0.15, -0.1) is 0 Å². The number of imidazole rings is 1. The summed E-state index contributed by atoms with van der Waals surface area (Å²) in [6.45, 7) is 6.84. The van der Waals surface area contributed by atoms with Crippen LogP contribution in [0, 0.1) is 5.82 Å². The number of halogens is 1. The summed E-state index contributed by atoms with van der Waals surface area (Å²) >= 11 is 0. The van der Waals surface area contributed by atoms with Crippen LogP contribution in [-0.2, 0) is 6.54 Å². The van der Waals surface area contributed by atoms with Crippen LogP contribution in [0.3, 0.4) is 0 Å². The lowest BCUT2D eigenvalue weighted by molar-refractivity contribution is 0.257. The van der Waals surface area contributed by atoms with E-state index in [9.17, 15) is 4.39 Å². The molecule has 0 aliphatic carbocycles. The monoisotopic (exact) mass is 303 g/mol. The van der Waals surface area contributed by atoms with Gasteiger partial charge in [0.2, 0.25) is 0 Å². The van der Waals surface area contributed by atoms with E-state index < -0.39 is 0 Å². The van der Waals surface area contributed by atoms with Crippen molar-refractivity contribution in [3.05, 3.63) is 48.3 Å². The lowest BCUT2D eigenvalue weighted by Crippen LogP contribution is -2.48. The molecule has 1 aromatic carbocycles. The van der Waals surface area contributed by atoms with Gasteiger partial charge in [-0.25, -0.2) is 9.37 Å². The first-order chi connectivity index (χ1) is 10.8. The van der Waals surface area contributed by atoms with Crippen molar-refractivity contribution in [1.82, 2.24) is 20.2 Å². The predicted molar refractivity (Wildman–Crippen MR) is 85.3 cm³/mol. The van der Waals surface area contributed by atoms with E-state index in [0.717, 1.165) is 57.3 Å². The van der Waals surface area contributed by atoms with Crippen molar-refractivity contribution < 1.29 is 4.39 Å². The Balaban J connectivity index is 1.35. The third-order valence-corrected chi connectivity index (χ3v) is 4.02. The number of H-pyrrole nitrogens is 1. The fraction of sp³-hybridized carbons (Fsp3) is 0.438. The maximum atomic E-state index is 13.0. The zero-order chi connectivity index (χ0) is 15.2. The van der Waals surface area contributed by atoms with E-state index >= 15 is 0 Å². The van der Waals surface area contributed by atoms with Gasteiger partial charge in [0, 0.05) is 57.3 Å². The molecule has 0 unspecified atom stereocenters. The van der Waals surface area contributed by atoms with Crippen LogP contribution >= 0.6 is 0 Å². The molecule has 118 valence electrons. The number of hydrogen-bond donors (Lipinski definition) is 2. The first-order valence-electron chi connectivity index (χ1n) is 7.73. The summed E-state index contributed by atoms with van der Waals surface area (Å²) < 4.78 is 13.0. The minimum Gasteiger partial charge on any atom is -0.369 e. The number of rotatable bonds is 6. The number of hydrogen-bond acceptors (Lipinski definition) is 4. The molecule has 2 aromatic rings. The van der Waals surface area contributed by atoms with Crippen LogP contribution < -0.4 is 10.2 Å². The number of piperazine rings is 1. The molecule has 1 aliphatic heterocycles. The molecule has 1 aromatic heterocycles. The second kappa shape index (κ2) is 7.38. The molecular weight excluding hydrogens is 281 g/mol. The van der Waals surface area contributed by atoms with Gasteiger partial charge in [0.15, 0.2) is 0 Å². The molecule has 1 fully saturated rings. The quantitative estimate of drug-likeness (QED) is 0.793. The largest absolute Gasteiger partial charge is 0.369 e. The van der Waals surface area contributed by atoms with Crippen molar-refractivity contribution in [2.24, 2.45) is 0 Å². The molecule has 5 nitrogen and oxygen atoms in total. The number of nitrogens with one attached hydrogen (secondary N) is 2. The van der Waals surface area contributed by atoms with Crippen LogP contribution in [0.25, 0.3) is 0 Å². The third kappa shape index (κ3) is 4.05. The van der Waals surface area contributed by atoms with Gasteiger partial charge in [0.1, 0.15) is 11.6 Å². The highest BCUT2D eigenvalue weighted by molar-refractivity contribution is 5.46. The minimum absolute atomic E-state index is 0.176. The van der Waals surface area contributed by atoms with Crippen molar-refractivity contribution in [3.8, 4) is 0 Å². The molecule has 22 heavy (non-hydrogen) atoms. The van der Waals surface area contributed by atoms with E-state index in [2.05, 4.69) is 25.1 Å². The maximum Gasteiger partial charge on any atom is 0.123 e. The molecule has 0 atom stereocenters. The van der Waals surface area contributed by atoms with Crippen LogP contribution in [0.5, 0.6) is 0 Å². The Morgan fingerprint density at radius 3 is 2.59 bits per heavy atom. The third-order valence-electron chi connectivity index (χ3n) is 4.02. The normalized spacial score (nSPS) is 16.1. The van der Waals surface area contributed by atoms with Gasteiger partial charge >= 0.3 is 0 Å². The van der Waals surface area contributed by atoms with E-state index in [-0.39, 0.29) is 5.82 Å². The molecule has 0 radical (unpaired) electrons. The van der Waals surface area contributed by atoms with Crippen molar-refractivity contribution >= 4 is 5.69 Å². The molecule has 2 heterocycles. The molecule has 3 rings (SSSR count). The summed E-state index contributed by atoms with van der Waals surface area (Å²) in [4.78, 5) is 12.0. The van der Waals surface area contributed by atoms with E-state index in [1.807, 2.05) is 18.3 Å². The van der Waals surface area contributed by atoms with Gasteiger partial charge in [0.25, 0.3) is 0 Å². The Hall–Kier alpha value is -1.92. The van der Waals surface area contributed by atoms with Crippen LogP contribution in [0.15, 0.2) is 36.7 Å². The standard InChI is InChI=1S/C16H22FN5/c17-14-1-3-15(4-2-14)22-11-9-21(10-12-22)8-7-18-13-16-19-5-6-20-16/h1-6,18H,7-13H2,(H,19,20). The Morgan fingerprint density at radius 2 is 1.91 bits per heavy atom. The zero-order valence-corrected chi connectivity index (χ0v) is 12.6. The summed E-state index contributed by atoms with van der Waals surface area (Å²) in [7, 11) is 0. The highest BCUT2D eigenvalue weighted by Crippen LogP contribution is 2.16. The first kappa shape index (κ1) is 15.0. The molecule has 0 spiro atoms. The Morgan fingerprint density at radius 1 is 1.14 bits per heavy atom. The van der Waals surface area contributed by atoms with E-state index in [4.69, 9.17) is 0 Å². The van der Waals surface area contributed by atoms with Crippen molar-refractivity contribution in [2.45, 2.75) is 6.54 Å². The number of aromatic amines is 1. The zero-order valence-electron chi connectivity index (χ0n) is 12.6. The number of anilines is 1. The minimum atomic E-state index is -0.176. The average Bonchev–Trinajstić information content (AvgIpc) is 3.06. The summed E-state index contributed by atoms with van der Waals surface area (Å²) in [5.74, 6) is 0.797. The number of benzene rings is 1. The Kier molecular flexibility index (Phi) is 5.03. The molecule has 1 aliphatic rings. The van der Waals surface area contributed by atoms with E-state index in [1.54, 1.807) is 6.20 Å². The second-order valence-corrected chi connectivity index (χ2v) is 5.52. The van der Waals surface area contributed by atoms with Gasteiger partial charge in [-0.2, -0.15) is 0 Å².